The maximum absolute atomic E-state index is 13.8. The van der Waals surface area contributed by atoms with Crippen LogP contribution in [-0.2, 0) is 0 Å². The summed E-state index contributed by atoms with van der Waals surface area (Å²) < 4.78 is 27.6. The summed E-state index contributed by atoms with van der Waals surface area (Å²) in [5.74, 6) is -0.286. The molecule has 124 valence electrons. The molecule has 1 atom stereocenters. The third-order valence-corrected chi connectivity index (χ3v) is 3.55. The summed E-state index contributed by atoms with van der Waals surface area (Å²) in [6, 6.07) is 4.10. The smallest absolute Gasteiger partial charge is 0.191 e. The van der Waals surface area contributed by atoms with Gasteiger partial charge in [0.25, 0.3) is 0 Å². The lowest BCUT2D eigenvalue weighted by Gasteiger charge is -2.21. The number of halogens is 3. The van der Waals surface area contributed by atoms with Crippen LogP contribution in [0.3, 0.4) is 0 Å². The Morgan fingerprint density at radius 1 is 1.36 bits per heavy atom. The second-order valence-electron chi connectivity index (χ2n) is 5.15. The van der Waals surface area contributed by atoms with Crippen LogP contribution in [0.2, 0.25) is 0 Å². The summed E-state index contributed by atoms with van der Waals surface area (Å²) in [5, 5.41) is 6.49. The first kappa shape index (κ1) is 18.9. The highest BCUT2D eigenvalue weighted by Gasteiger charge is 2.27. The monoisotopic (exact) mass is 424 g/mol. The minimum atomic E-state index is -0.510. The fraction of sp³-hybridized carbons (Fsp3) is 0.533. The van der Waals surface area contributed by atoms with E-state index >= 15 is 0 Å². The molecule has 7 heteroatoms. The maximum atomic E-state index is 13.8. The molecule has 1 fully saturated rings. The van der Waals surface area contributed by atoms with Gasteiger partial charge in [0.15, 0.2) is 5.96 Å². The molecule has 22 heavy (non-hydrogen) atoms. The molecule has 0 aromatic heterocycles. The molecule has 0 amide bonds. The third kappa shape index (κ3) is 4.69. The fourth-order valence-corrected chi connectivity index (χ4v) is 2.50. The van der Waals surface area contributed by atoms with Crippen molar-refractivity contribution < 1.29 is 8.78 Å². The number of aliphatic imine (C=N–C) groups is 1. The summed E-state index contributed by atoms with van der Waals surface area (Å²) >= 11 is 0. The number of nitrogens with zero attached hydrogens (tertiary/aromatic N) is 2. The van der Waals surface area contributed by atoms with E-state index < -0.39 is 11.6 Å². The first-order chi connectivity index (χ1) is 10.2. The van der Waals surface area contributed by atoms with Gasteiger partial charge in [-0.25, -0.2) is 8.78 Å². The average Bonchev–Trinajstić information content (AvgIpc) is 2.91. The second-order valence-corrected chi connectivity index (χ2v) is 5.15. The van der Waals surface area contributed by atoms with Crippen molar-refractivity contribution in [1.29, 1.82) is 0 Å². The van der Waals surface area contributed by atoms with Crippen LogP contribution < -0.4 is 15.5 Å². The van der Waals surface area contributed by atoms with Crippen molar-refractivity contribution >= 4 is 35.6 Å². The van der Waals surface area contributed by atoms with Crippen LogP contribution >= 0.6 is 24.0 Å². The van der Waals surface area contributed by atoms with Crippen LogP contribution in [0.5, 0.6) is 0 Å². The number of para-hydroxylation sites is 1. The number of benzene rings is 1. The molecule has 2 rings (SSSR count). The highest BCUT2D eigenvalue weighted by molar-refractivity contribution is 14.0. The molecule has 1 aromatic carbocycles. The third-order valence-electron chi connectivity index (χ3n) is 3.55. The van der Waals surface area contributed by atoms with Gasteiger partial charge in [-0.15, -0.1) is 24.0 Å². The zero-order chi connectivity index (χ0) is 15.2. The van der Waals surface area contributed by atoms with Crippen molar-refractivity contribution in [2.75, 3.05) is 31.6 Å². The van der Waals surface area contributed by atoms with E-state index in [0.717, 1.165) is 25.3 Å². The van der Waals surface area contributed by atoms with Crippen molar-refractivity contribution in [3.05, 3.63) is 29.8 Å². The van der Waals surface area contributed by atoms with Gasteiger partial charge >= 0.3 is 0 Å². The lowest BCUT2D eigenvalue weighted by atomic mass is 10.2. The quantitative estimate of drug-likeness (QED) is 0.444. The lowest BCUT2D eigenvalue weighted by molar-refractivity contribution is 0.576. The van der Waals surface area contributed by atoms with E-state index in [2.05, 4.69) is 22.5 Å². The highest BCUT2D eigenvalue weighted by atomic mass is 127. The molecule has 1 unspecified atom stereocenters. The average molecular weight is 424 g/mol. The second kappa shape index (κ2) is 9.12. The Morgan fingerprint density at radius 3 is 2.64 bits per heavy atom. The Labute approximate surface area is 147 Å². The molecule has 4 nitrogen and oxygen atoms in total. The Balaban J connectivity index is 0.00000242. The fourth-order valence-electron chi connectivity index (χ4n) is 2.50. The van der Waals surface area contributed by atoms with Crippen molar-refractivity contribution in [2.24, 2.45) is 4.99 Å². The SMILES string of the molecule is CCCNC(=NC)NC1CCN(c2c(F)cccc2F)C1.I. The number of guanidine groups is 1. The van der Waals surface area contributed by atoms with Crippen molar-refractivity contribution in [3.8, 4) is 0 Å². The van der Waals surface area contributed by atoms with Gasteiger partial charge < -0.3 is 15.5 Å². The molecule has 1 aliphatic rings. The minimum Gasteiger partial charge on any atom is -0.365 e. The first-order valence-electron chi connectivity index (χ1n) is 7.31. The predicted octanol–water partition coefficient (Wildman–Crippen LogP) is 2.74. The van der Waals surface area contributed by atoms with Gasteiger partial charge in [0.1, 0.15) is 17.3 Å². The van der Waals surface area contributed by atoms with Gasteiger partial charge in [0, 0.05) is 32.7 Å². The van der Waals surface area contributed by atoms with Crippen LogP contribution in [-0.4, -0.2) is 38.7 Å². The molecule has 1 heterocycles. The van der Waals surface area contributed by atoms with Gasteiger partial charge in [-0.1, -0.05) is 13.0 Å². The summed E-state index contributed by atoms with van der Waals surface area (Å²) in [5.41, 5.74) is 0.0679. The molecule has 1 aromatic rings. The van der Waals surface area contributed by atoms with Crippen molar-refractivity contribution in [2.45, 2.75) is 25.8 Å². The van der Waals surface area contributed by atoms with Gasteiger partial charge in [-0.2, -0.15) is 0 Å². The number of anilines is 1. The van der Waals surface area contributed by atoms with Crippen molar-refractivity contribution in [3.63, 3.8) is 0 Å². The topological polar surface area (TPSA) is 39.7 Å². The predicted molar refractivity (Wildman–Crippen MR) is 97.2 cm³/mol. The number of nitrogens with one attached hydrogen (secondary N) is 2. The van der Waals surface area contributed by atoms with Gasteiger partial charge in [0.2, 0.25) is 0 Å². The van der Waals surface area contributed by atoms with Crippen LogP contribution in [0.4, 0.5) is 14.5 Å². The number of hydrogen-bond acceptors (Lipinski definition) is 2. The lowest BCUT2D eigenvalue weighted by Crippen LogP contribution is -2.44. The minimum absolute atomic E-state index is 0. The Morgan fingerprint density at radius 2 is 2.05 bits per heavy atom. The zero-order valence-electron chi connectivity index (χ0n) is 12.9. The molecule has 0 bridgehead atoms. The van der Waals surface area contributed by atoms with Crippen LogP contribution in [0.1, 0.15) is 19.8 Å². The zero-order valence-corrected chi connectivity index (χ0v) is 15.2. The van der Waals surface area contributed by atoms with Crippen molar-refractivity contribution in [1.82, 2.24) is 10.6 Å². The van der Waals surface area contributed by atoms with E-state index in [1.54, 1.807) is 11.9 Å². The molecule has 2 N–H and O–H groups in total. The number of hydrogen-bond donors (Lipinski definition) is 2. The summed E-state index contributed by atoms with van der Waals surface area (Å²) in [6.45, 7) is 4.11. The summed E-state index contributed by atoms with van der Waals surface area (Å²) in [6.07, 6.45) is 1.83. The van der Waals surface area contributed by atoms with Gasteiger partial charge in [-0.3, -0.25) is 4.99 Å². The molecule has 0 spiro atoms. The van der Waals surface area contributed by atoms with E-state index in [4.69, 9.17) is 0 Å². The summed E-state index contributed by atoms with van der Waals surface area (Å²) in [7, 11) is 1.72. The van der Waals surface area contributed by atoms with E-state index in [9.17, 15) is 8.78 Å². The van der Waals surface area contributed by atoms with E-state index in [1.807, 2.05) is 0 Å². The van der Waals surface area contributed by atoms with E-state index in [-0.39, 0.29) is 35.7 Å². The highest BCUT2D eigenvalue weighted by Crippen LogP contribution is 2.26. The van der Waals surface area contributed by atoms with Crippen LogP contribution in [0.15, 0.2) is 23.2 Å². The Bertz CT molecular complexity index is 490. The molecular formula is C15H23F2IN4. The largest absolute Gasteiger partial charge is 0.365 e. The Hall–Kier alpha value is -1.12. The molecular weight excluding hydrogens is 401 g/mol. The summed E-state index contributed by atoms with van der Waals surface area (Å²) in [4.78, 5) is 5.90. The number of rotatable bonds is 4. The molecule has 0 saturated carbocycles. The molecule has 0 radical (unpaired) electrons. The standard InChI is InChI=1S/C15H22F2N4.HI/c1-3-8-19-15(18-2)20-11-7-9-21(10-11)14-12(16)5-4-6-13(14)17;/h4-6,11H,3,7-10H2,1-2H3,(H2,18,19,20);1H. The molecule has 1 saturated heterocycles. The molecule has 1 aliphatic heterocycles. The van der Waals surface area contributed by atoms with Gasteiger partial charge in [0.05, 0.1) is 0 Å². The maximum Gasteiger partial charge on any atom is 0.191 e. The Kier molecular flexibility index (Phi) is 7.84. The van der Waals surface area contributed by atoms with Crippen LogP contribution in [0, 0.1) is 11.6 Å². The van der Waals surface area contributed by atoms with E-state index in [1.165, 1.54) is 18.2 Å². The van der Waals surface area contributed by atoms with E-state index in [0.29, 0.717) is 13.1 Å². The van der Waals surface area contributed by atoms with Gasteiger partial charge in [-0.05, 0) is 25.0 Å². The first-order valence-corrected chi connectivity index (χ1v) is 7.31. The molecule has 0 aliphatic carbocycles. The van der Waals surface area contributed by atoms with Crippen LogP contribution in [0.25, 0.3) is 0 Å². The normalized spacial score (nSPS) is 18.1.